The van der Waals surface area contributed by atoms with E-state index in [2.05, 4.69) is 27.7 Å². The second kappa shape index (κ2) is 6.50. The molecule has 1 unspecified atom stereocenters. The van der Waals surface area contributed by atoms with E-state index in [4.69, 9.17) is 4.74 Å². The second-order valence-corrected chi connectivity index (χ2v) is 5.68. The van der Waals surface area contributed by atoms with Gasteiger partial charge >= 0.3 is 0 Å². The molecule has 4 heteroatoms. The largest absolute Gasteiger partial charge is 0.383 e. The lowest BCUT2D eigenvalue weighted by Crippen LogP contribution is -2.45. The summed E-state index contributed by atoms with van der Waals surface area (Å²) in [6, 6.07) is 5.61. The van der Waals surface area contributed by atoms with E-state index in [0.29, 0.717) is 6.04 Å². The van der Waals surface area contributed by atoms with Gasteiger partial charge in [0.05, 0.1) is 6.61 Å². The highest BCUT2D eigenvalue weighted by atomic mass is 32.1. The van der Waals surface area contributed by atoms with Gasteiger partial charge in [-0.05, 0) is 31.3 Å². The summed E-state index contributed by atoms with van der Waals surface area (Å²) in [6.07, 6.45) is 2.69. The number of thiophene rings is 1. The molecule has 0 amide bonds. The number of methoxy groups -OCH3 is 1. The average molecular weight is 254 g/mol. The van der Waals surface area contributed by atoms with Gasteiger partial charge in [0.2, 0.25) is 0 Å². The fraction of sp³-hybridized carbons (Fsp3) is 0.692. The first-order valence-corrected chi connectivity index (χ1v) is 7.14. The molecule has 0 spiro atoms. The van der Waals surface area contributed by atoms with Crippen LogP contribution in [0.5, 0.6) is 0 Å². The zero-order chi connectivity index (χ0) is 12.1. The van der Waals surface area contributed by atoms with Gasteiger partial charge in [-0.2, -0.15) is 0 Å². The van der Waals surface area contributed by atoms with Gasteiger partial charge in [0.15, 0.2) is 0 Å². The third-order valence-corrected chi connectivity index (χ3v) is 4.06. The zero-order valence-corrected chi connectivity index (χ0v) is 11.5. The molecule has 17 heavy (non-hydrogen) atoms. The highest BCUT2D eigenvalue weighted by Crippen LogP contribution is 2.31. The summed E-state index contributed by atoms with van der Waals surface area (Å²) in [5, 5.41) is 5.43. The Bertz CT molecular complexity index is 305. The van der Waals surface area contributed by atoms with Crippen LogP contribution in [0.15, 0.2) is 17.5 Å². The van der Waals surface area contributed by atoms with Crippen molar-refractivity contribution in [3.05, 3.63) is 22.4 Å². The van der Waals surface area contributed by atoms with Crippen LogP contribution in [0.4, 0.5) is 0 Å². The maximum atomic E-state index is 5.36. The Morgan fingerprint density at radius 2 is 2.41 bits per heavy atom. The molecule has 1 aromatic heterocycles. The first-order valence-electron chi connectivity index (χ1n) is 6.26. The molecular formula is C13H22N2OS. The Kier molecular flexibility index (Phi) is 4.98. The quantitative estimate of drug-likeness (QED) is 0.767. The van der Waals surface area contributed by atoms with Crippen LogP contribution in [0.25, 0.3) is 0 Å². The third-order valence-electron chi connectivity index (χ3n) is 3.20. The van der Waals surface area contributed by atoms with E-state index in [1.165, 1.54) is 17.7 Å². The van der Waals surface area contributed by atoms with Gasteiger partial charge < -0.3 is 10.1 Å². The fourth-order valence-corrected chi connectivity index (χ4v) is 2.96. The minimum atomic E-state index is 0.486. The minimum Gasteiger partial charge on any atom is -0.383 e. The highest BCUT2D eigenvalue weighted by Gasteiger charge is 2.33. The van der Waals surface area contributed by atoms with E-state index in [0.717, 1.165) is 25.7 Å². The summed E-state index contributed by atoms with van der Waals surface area (Å²) >= 11 is 1.85. The highest BCUT2D eigenvalue weighted by molar-refractivity contribution is 7.09. The van der Waals surface area contributed by atoms with Crippen molar-refractivity contribution in [3.8, 4) is 0 Å². The Hall–Kier alpha value is -0.420. The van der Waals surface area contributed by atoms with Gasteiger partial charge in [-0.3, -0.25) is 4.90 Å². The molecule has 1 heterocycles. The Labute approximate surface area is 108 Å². The molecule has 0 aromatic carbocycles. The number of rotatable bonds is 8. The first kappa shape index (κ1) is 13.0. The van der Waals surface area contributed by atoms with E-state index in [1.54, 1.807) is 7.11 Å². The molecule has 1 aromatic rings. The van der Waals surface area contributed by atoms with E-state index in [1.807, 2.05) is 18.4 Å². The van der Waals surface area contributed by atoms with Crippen molar-refractivity contribution in [1.82, 2.24) is 10.2 Å². The number of hydrogen-bond donors (Lipinski definition) is 1. The van der Waals surface area contributed by atoms with Crippen LogP contribution < -0.4 is 5.32 Å². The second-order valence-electron chi connectivity index (χ2n) is 4.65. The van der Waals surface area contributed by atoms with Crippen LogP contribution in [0.1, 0.15) is 17.7 Å². The summed E-state index contributed by atoms with van der Waals surface area (Å²) < 4.78 is 5.36. The molecule has 1 aliphatic carbocycles. The van der Waals surface area contributed by atoms with Crippen molar-refractivity contribution in [2.45, 2.75) is 31.5 Å². The van der Waals surface area contributed by atoms with Crippen LogP contribution in [0.2, 0.25) is 0 Å². The smallest absolute Gasteiger partial charge is 0.0630 e. The van der Waals surface area contributed by atoms with Gasteiger partial charge in [0.1, 0.15) is 0 Å². The van der Waals surface area contributed by atoms with Crippen molar-refractivity contribution in [2.75, 3.05) is 27.3 Å². The standard InChI is InChI=1S/C13H22N2OS/c1-14-8-12(10-16-2)15(11-5-6-11)9-13-4-3-7-17-13/h3-4,7,11-12,14H,5-6,8-10H2,1-2H3. The van der Waals surface area contributed by atoms with Crippen LogP contribution in [-0.4, -0.2) is 44.3 Å². The van der Waals surface area contributed by atoms with Gasteiger partial charge in [0, 0.05) is 37.2 Å². The third kappa shape index (κ3) is 3.78. The van der Waals surface area contributed by atoms with Crippen LogP contribution in [-0.2, 0) is 11.3 Å². The van der Waals surface area contributed by atoms with E-state index in [-0.39, 0.29) is 0 Å². The molecule has 0 bridgehead atoms. The van der Waals surface area contributed by atoms with E-state index in [9.17, 15) is 0 Å². The topological polar surface area (TPSA) is 24.5 Å². The zero-order valence-electron chi connectivity index (χ0n) is 10.7. The molecule has 1 N–H and O–H groups in total. The molecule has 0 saturated heterocycles. The van der Waals surface area contributed by atoms with Gasteiger partial charge in [0.25, 0.3) is 0 Å². The molecule has 1 fully saturated rings. The van der Waals surface area contributed by atoms with Gasteiger partial charge in [-0.1, -0.05) is 6.07 Å². The van der Waals surface area contributed by atoms with Crippen molar-refractivity contribution in [2.24, 2.45) is 0 Å². The van der Waals surface area contributed by atoms with E-state index < -0.39 is 0 Å². The number of hydrogen-bond acceptors (Lipinski definition) is 4. The molecule has 3 nitrogen and oxygen atoms in total. The van der Waals surface area contributed by atoms with Crippen LogP contribution in [0, 0.1) is 0 Å². The lowest BCUT2D eigenvalue weighted by molar-refractivity contribution is 0.0805. The maximum Gasteiger partial charge on any atom is 0.0630 e. The molecule has 0 aliphatic heterocycles. The lowest BCUT2D eigenvalue weighted by atomic mass is 10.2. The SMILES string of the molecule is CNCC(COC)N(Cc1cccs1)C1CC1. The van der Waals surface area contributed by atoms with Gasteiger partial charge in [-0.25, -0.2) is 0 Å². The van der Waals surface area contributed by atoms with Crippen molar-refractivity contribution in [1.29, 1.82) is 0 Å². The summed E-state index contributed by atoms with van der Waals surface area (Å²) in [4.78, 5) is 4.06. The predicted molar refractivity (Wildman–Crippen MR) is 72.5 cm³/mol. The number of ether oxygens (including phenoxy) is 1. The maximum absolute atomic E-state index is 5.36. The minimum absolute atomic E-state index is 0.486. The summed E-state index contributed by atoms with van der Waals surface area (Å²) in [5.41, 5.74) is 0. The Morgan fingerprint density at radius 1 is 1.59 bits per heavy atom. The molecule has 1 saturated carbocycles. The molecule has 0 radical (unpaired) electrons. The first-order chi connectivity index (χ1) is 8.35. The Balaban J connectivity index is 1.98. The summed E-state index contributed by atoms with van der Waals surface area (Å²) in [6.45, 7) is 2.87. The molecule has 96 valence electrons. The van der Waals surface area contributed by atoms with Crippen molar-refractivity contribution >= 4 is 11.3 Å². The number of likely N-dealkylation sites (N-methyl/N-ethyl adjacent to an activating group) is 1. The van der Waals surface area contributed by atoms with E-state index >= 15 is 0 Å². The average Bonchev–Trinajstić information content (AvgIpc) is 3.04. The molecule has 1 atom stereocenters. The Morgan fingerprint density at radius 3 is 2.94 bits per heavy atom. The normalized spacial score (nSPS) is 17.6. The van der Waals surface area contributed by atoms with Crippen molar-refractivity contribution in [3.63, 3.8) is 0 Å². The lowest BCUT2D eigenvalue weighted by Gasteiger charge is -2.31. The fourth-order valence-electron chi connectivity index (χ4n) is 2.24. The molecule has 2 rings (SSSR count). The predicted octanol–water partition coefficient (Wildman–Crippen LogP) is 1.95. The summed E-state index contributed by atoms with van der Waals surface area (Å²) in [5.74, 6) is 0. The molecule has 1 aliphatic rings. The van der Waals surface area contributed by atoms with Crippen LogP contribution in [0.3, 0.4) is 0 Å². The number of nitrogens with zero attached hydrogens (tertiary/aromatic N) is 1. The van der Waals surface area contributed by atoms with Crippen molar-refractivity contribution < 1.29 is 4.74 Å². The van der Waals surface area contributed by atoms with Crippen LogP contribution >= 0.6 is 11.3 Å². The summed E-state index contributed by atoms with van der Waals surface area (Å²) in [7, 11) is 3.80. The number of nitrogens with one attached hydrogen (secondary N) is 1. The molecular weight excluding hydrogens is 232 g/mol. The van der Waals surface area contributed by atoms with Gasteiger partial charge in [-0.15, -0.1) is 11.3 Å². The monoisotopic (exact) mass is 254 g/mol.